The van der Waals surface area contributed by atoms with Crippen LogP contribution in [0, 0.1) is 0 Å². The molecule has 1 aliphatic heterocycles. The number of carbonyl (C=O) groups excluding carboxylic acids is 2. The summed E-state index contributed by atoms with van der Waals surface area (Å²) in [6.45, 7) is 2.66. The van der Waals surface area contributed by atoms with Crippen molar-refractivity contribution in [2.45, 2.75) is 64.2 Å². The summed E-state index contributed by atoms with van der Waals surface area (Å²) >= 11 is 1.30. The van der Waals surface area contributed by atoms with Crippen LogP contribution in [0.3, 0.4) is 0 Å². The molecule has 7 nitrogen and oxygen atoms in total. The van der Waals surface area contributed by atoms with Crippen molar-refractivity contribution >= 4 is 28.9 Å². The first-order chi connectivity index (χ1) is 16.0. The number of anilines is 1. The molecule has 2 unspecified atom stereocenters. The van der Waals surface area contributed by atoms with Crippen LogP contribution in [0.2, 0.25) is 0 Å². The van der Waals surface area contributed by atoms with E-state index >= 15 is 0 Å². The molecule has 2 heterocycles. The zero-order valence-corrected chi connectivity index (χ0v) is 19.9. The lowest BCUT2D eigenvalue weighted by Crippen LogP contribution is -2.36. The average molecular weight is 476 g/mol. The molecular formula is C25H33NO6S. The molecule has 0 radical (unpaired) electrons. The van der Waals surface area contributed by atoms with Crippen LogP contribution < -0.4 is 4.90 Å². The number of hydrogen-bond donors (Lipinski definition) is 2. The first-order valence-electron chi connectivity index (χ1n) is 11.6. The van der Waals surface area contributed by atoms with Crippen molar-refractivity contribution in [3.63, 3.8) is 0 Å². The highest BCUT2D eigenvalue weighted by Crippen LogP contribution is 2.29. The minimum atomic E-state index is -0.476. The van der Waals surface area contributed by atoms with Crippen LogP contribution in [0.5, 0.6) is 0 Å². The van der Waals surface area contributed by atoms with E-state index in [9.17, 15) is 14.7 Å². The Morgan fingerprint density at radius 1 is 1.21 bits per heavy atom. The fourth-order valence-corrected chi connectivity index (χ4v) is 4.78. The Morgan fingerprint density at radius 3 is 2.73 bits per heavy atom. The van der Waals surface area contributed by atoms with Gasteiger partial charge in [-0.1, -0.05) is 38.3 Å². The highest BCUT2D eigenvalue weighted by molar-refractivity contribution is 7.13. The van der Waals surface area contributed by atoms with Crippen LogP contribution in [0.15, 0.2) is 36.4 Å². The van der Waals surface area contributed by atoms with E-state index in [0.29, 0.717) is 24.5 Å². The average Bonchev–Trinajstić information content (AvgIpc) is 3.44. The molecular weight excluding hydrogens is 442 g/mol. The number of benzene rings is 1. The number of unbranched alkanes of at least 4 members (excludes halogenated alkanes) is 2. The summed E-state index contributed by atoms with van der Waals surface area (Å²) in [6.07, 6.45) is 4.71. The van der Waals surface area contributed by atoms with Crippen LogP contribution in [0.25, 0.3) is 0 Å². The molecule has 1 fully saturated rings. The number of aliphatic hydroxyl groups excluding tert-OH is 2. The molecule has 1 saturated heterocycles. The van der Waals surface area contributed by atoms with E-state index in [1.807, 2.05) is 30.3 Å². The maximum atomic E-state index is 12.5. The van der Waals surface area contributed by atoms with Gasteiger partial charge < -0.3 is 24.6 Å². The number of hydrogen-bond acceptors (Lipinski definition) is 7. The van der Waals surface area contributed by atoms with E-state index in [1.54, 1.807) is 11.0 Å². The molecule has 3 rings (SSSR count). The lowest BCUT2D eigenvalue weighted by atomic mass is 10.0. The monoisotopic (exact) mass is 475 g/mol. The van der Waals surface area contributed by atoms with Crippen LogP contribution in [-0.2, 0) is 20.9 Å². The Morgan fingerprint density at radius 2 is 2.00 bits per heavy atom. The summed E-state index contributed by atoms with van der Waals surface area (Å²) in [5.74, 6) is -0.378. The number of rotatable bonds is 13. The Labute approximate surface area is 198 Å². The van der Waals surface area contributed by atoms with Gasteiger partial charge in [-0.15, -0.1) is 11.3 Å². The van der Waals surface area contributed by atoms with E-state index < -0.39 is 12.1 Å². The number of aliphatic hydroxyl groups is 2. The fraction of sp³-hybridized carbons (Fsp3) is 0.520. The lowest BCUT2D eigenvalue weighted by Gasteiger charge is -2.25. The molecule has 1 amide bonds. The Bertz CT molecular complexity index is 897. The maximum absolute atomic E-state index is 12.5. The summed E-state index contributed by atoms with van der Waals surface area (Å²) in [5.41, 5.74) is 1.70. The van der Waals surface area contributed by atoms with E-state index in [1.165, 1.54) is 11.3 Å². The van der Waals surface area contributed by atoms with Gasteiger partial charge in [-0.3, -0.25) is 4.79 Å². The molecule has 2 N–H and O–H groups in total. The molecule has 180 valence electrons. The summed E-state index contributed by atoms with van der Waals surface area (Å²) in [5, 5.41) is 19.1. The van der Waals surface area contributed by atoms with E-state index in [2.05, 4.69) is 6.92 Å². The van der Waals surface area contributed by atoms with Gasteiger partial charge in [-0.2, -0.15) is 0 Å². The van der Waals surface area contributed by atoms with Gasteiger partial charge in [-0.25, -0.2) is 4.79 Å². The van der Waals surface area contributed by atoms with Gasteiger partial charge >= 0.3 is 5.97 Å². The van der Waals surface area contributed by atoms with Crippen molar-refractivity contribution in [1.29, 1.82) is 0 Å². The Hall–Kier alpha value is -2.26. The van der Waals surface area contributed by atoms with Crippen LogP contribution in [0.1, 0.15) is 71.7 Å². The van der Waals surface area contributed by atoms with Crippen molar-refractivity contribution in [2.75, 3.05) is 24.7 Å². The second-order valence-electron chi connectivity index (χ2n) is 8.20. The standard InChI is InChI=1S/C25H33NO6S/c1-2-3-4-5-22(28)18-6-8-19(9-7-18)26-20(10-13-24(26)29)16-31-17-21-11-12-23(33-21)25(30)32-15-14-27/h6-9,11-12,20,22,27-28H,2-5,10,13-17H2,1H3. The number of nitrogens with zero attached hydrogens (tertiary/aromatic N) is 1. The summed E-state index contributed by atoms with van der Waals surface area (Å²) < 4.78 is 10.8. The summed E-state index contributed by atoms with van der Waals surface area (Å²) in [6, 6.07) is 11.1. The number of ether oxygens (including phenoxy) is 2. The molecule has 8 heteroatoms. The molecule has 33 heavy (non-hydrogen) atoms. The van der Waals surface area contributed by atoms with Gasteiger partial charge in [0, 0.05) is 17.0 Å². The minimum absolute atomic E-state index is 0.0209. The van der Waals surface area contributed by atoms with Gasteiger partial charge in [0.2, 0.25) is 5.91 Å². The smallest absolute Gasteiger partial charge is 0.348 e. The van der Waals surface area contributed by atoms with E-state index in [0.717, 1.165) is 48.2 Å². The molecule has 1 aromatic carbocycles. The highest BCUT2D eigenvalue weighted by atomic mass is 32.1. The SMILES string of the molecule is CCCCCC(O)c1ccc(N2C(=O)CCC2COCc2ccc(C(=O)OCCO)s2)cc1. The zero-order chi connectivity index (χ0) is 23.6. The summed E-state index contributed by atoms with van der Waals surface area (Å²) in [4.78, 5) is 27.5. The molecule has 1 aromatic heterocycles. The topological polar surface area (TPSA) is 96.3 Å². The largest absolute Gasteiger partial charge is 0.459 e. The van der Waals surface area contributed by atoms with Crippen LogP contribution >= 0.6 is 11.3 Å². The van der Waals surface area contributed by atoms with E-state index in [-0.39, 0.29) is 25.2 Å². The molecule has 0 aliphatic carbocycles. The number of esters is 1. The number of thiophene rings is 1. The zero-order valence-electron chi connectivity index (χ0n) is 19.1. The molecule has 2 atom stereocenters. The summed E-state index contributed by atoms with van der Waals surface area (Å²) in [7, 11) is 0. The van der Waals surface area contributed by atoms with Gasteiger partial charge in [-0.05, 0) is 42.7 Å². The van der Waals surface area contributed by atoms with Gasteiger partial charge in [0.25, 0.3) is 0 Å². The third-order valence-corrected chi connectivity index (χ3v) is 6.74. The Balaban J connectivity index is 1.53. The predicted molar refractivity (Wildman–Crippen MR) is 127 cm³/mol. The third-order valence-electron chi connectivity index (χ3n) is 5.70. The number of amides is 1. The normalized spacial score (nSPS) is 16.9. The lowest BCUT2D eigenvalue weighted by molar-refractivity contribution is -0.117. The number of carbonyl (C=O) groups is 2. The van der Waals surface area contributed by atoms with E-state index in [4.69, 9.17) is 14.6 Å². The Kier molecular flexibility index (Phi) is 9.87. The molecule has 0 saturated carbocycles. The van der Waals surface area contributed by atoms with Crippen LogP contribution in [0.4, 0.5) is 5.69 Å². The predicted octanol–water partition coefficient (Wildman–Crippen LogP) is 4.22. The van der Waals surface area contributed by atoms with Gasteiger partial charge in [0.15, 0.2) is 0 Å². The van der Waals surface area contributed by atoms with Crippen molar-refractivity contribution in [2.24, 2.45) is 0 Å². The van der Waals surface area contributed by atoms with Crippen LogP contribution in [-0.4, -0.2) is 48.0 Å². The molecule has 0 bridgehead atoms. The second kappa shape index (κ2) is 12.8. The van der Waals surface area contributed by atoms with Crippen molar-refractivity contribution in [3.8, 4) is 0 Å². The van der Waals surface area contributed by atoms with Crippen molar-refractivity contribution in [3.05, 3.63) is 51.7 Å². The van der Waals surface area contributed by atoms with Gasteiger partial charge in [0.05, 0.1) is 32.0 Å². The molecule has 0 spiro atoms. The molecule has 2 aromatic rings. The van der Waals surface area contributed by atoms with Crippen molar-refractivity contribution < 1.29 is 29.3 Å². The quantitative estimate of drug-likeness (QED) is 0.333. The second-order valence-corrected chi connectivity index (χ2v) is 9.37. The third kappa shape index (κ3) is 7.11. The molecule has 1 aliphatic rings. The first kappa shape index (κ1) is 25.4. The minimum Gasteiger partial charge on any atom is -0.459 e. The first-order valence-corrected chi connectivity index (χ1v) is 12.4. The van der Waals surface area contributed by atoms with Crippen molar-refractivity contribution in [1.82, 2.24) is 0 Å². The fourth-order valence-electron chi connectivity index (χ4n) is 3.94. The maximum Gasteiger partial charge on any atom is 0.348 e. The highest BCUT2D eigenvalue weighted by Gasteiger charge is 2.32. The van der Waals surface area contributed by atoms with Gasteiger partial charge in [0.1, 0.15) is 11.5 Å².